The fourth-order valence-corrected chi connectivity index (χ4v) is 2.41. The molecule has 21 heavy (non-hydrogen) atoms. The molecule has 1 amide bonds. The lowest BCUT2D eigenvalue weighted by atomic mass is 10.0. The second kappa shape index (κ2) is 8.11. The molecule has 5 N–H and O–H groups in total. The highest BCUT2D eigenvalue weighted by molar-refractivity contribution is 7.89. The summed E-state index contributed by atoms with van der Waals surface area (Å²) < 4.78 is 22.2. The molecule has 0 aliphatic heterocycles. The average Bonchev–Trinajstić information content (AvgIpc) is 2.43. The van der Waals surface area contributed by atoms with Gasteiger partial charge in [-0.3, -0.25) is 4.79 Å². The molecule has 0 aromatic heterocycles. The molecule has 0 saturated carbocycles. The highest BCUT2D eigenvalue weighted by Crippen LogP contribution is 2.10. The lowest BCUT2D eigenvalue weighted by Gasteiger charge is -2.10. The summed E-state index contributed by atoms with van der Waals surface area (Å²) in [6.45, 7) is 3.08. The number of nitrogens with one attached hydrogen (secondary N) is 1. The number of amides is 1. The highest BCUT2D eigenvalue weighted by Gasteiger charge is 2.08. The predicted molar refractivity (Wildman–Crippen MR) is 81.7 cm³/mol. The van der Waals surface area contributed by atoms with Gasteiger partial charge in [-0.2, -0.15) is 0 Å². The molecule has 7 heteroatoms. The summed E-state index contributed by atoms with van der Waals surface area (Å²) in [6, 6.07) is 6.13. The maximum atomic E-state index is 11.7. The lowest BCUT2D eigenvalue weighted by Crippen LogP contribution is -2.23. The minimum absolute atomic E-state index is 0.0191. The van der Waals surface area contributed by atoms with Gasteiger partial charge in [0, 0.05) is 13.0 Å². The Morgan fingerprint density at radius 3 is 2.38 bits per heavy atom. The standard InChI is InChI=1S/C14H23N3O3S/c1-11(8-9-15)2-7-14(18)17-10-12-3-5-13(6-4-12)21(16,19)20/h3-6,11H,2,7-10,15H2,1H3,(H,17,18)(H2,16,19,20). The van der Waals surface area contributed by atoms with E-state index in [-0.39, 0.29) is 10.8 Å². The van der Waals surface area contributed by atoms with Gasteiger partial charge in [0.05, 0.1) is 4.90 Å². The molecular formula is C14H23N3O3S. The predicted octanol–water partition coefficient (Wildman–Crippen LogP) is 0.715. The van der Waals surface area contributed by atoms with Crippen molar-refractivity contribution in [2.45, 2.75) is 37.6 Å². The van der Waals surface area contributed by atoms with Crippen LogP contribution in [0.2, 0.25) is 0 Å². The highest BCUT2D eigenvalue weighted by atomic mass is 32.2. The van der Waals surface area contributed by atoms with Crippen molar-refractivity contribution in [3.63, 3.8) is 0 Å². The Kier molecular flexibility index (Phi) is 6.80. The average molecular weight is 313 g/mol. The van der Waals surface area contributed by atoms with E-state index in [0.29, 0.717) is 25.4 Å². The van der Waals surface area contributed by atoms with Crippen molar-refractivity contribution in [1.29, 1.82) is 0 Å². The van der Waals surface area contributed by atoms with E-state index in [4.69, 9.17) is 10.9 Å². The van der Waals surface area contributed by atoms with Crippen molar-refractivity contribution in [1.82, 2.24) is 5.32 Å². The first-order valence-corrected chi connectivity index (χ1v) is 8.46. The van der Waals surface area contributed by atoms with Crippen molar-refractivity contribution >= 4 is 15.9 Å². The number of nitrogens with two attached hydrogens (primary N) is 2. The Morgan fingerprint density at radius 1 is 1.24 bits per heavy atom. The van der Waals surface area contributed by atoms with Crippen molar-refractivity contribution < 1.29 is 13.2 Å². The monoisotopic (exact) mass is 313 g/mol. The SMILES string of the molecule is CC(CCN)CCC(=O)NCc1ccc(S(N)(=O)=O)cc1. The van der Waals surface area contributed by atoms with Crippen molar-refractivity contribution in [3.05, 3.63) is 29.8 Å². The number of hydrogen-bond acceptors (Lipinski definition) is 4. The zero-order valence-corrected chi connectivity index (χ0v) is 13.0. The minimum atomic E-state index is -3.67. The molecular weight excluding hydrogens is 290 g/mol. The minimum Gasteiger partial charge on any atom is -0.352 e. The number of benzene rings is 1. The molecule has 0 aliphatic carbocycles. The molecule has 1 rings (SSSR count). The molecule has 0 heterocycles. The molecule has 1 unspecified atom stereocenters. The fourth-order valence-electron chi connectivity index (χ4n) is 1.89. The van der Waals surface area contributed by atoms with E-state index in [1.54, 1.807) is 12.1 Å². The van der Waals surface area contributed by atoms with Gasteiger partial charge in [-0.15, -0.1) is 0 Å². The van der Waals surface area contributed by atoms with Gasteiger partial charge in [0.2, 0.25) is 15.9 Å². The number of primary sulfonamides is 1. The summed E-state index contributed by atoms with van der Waals surface area (Å²) in [5, 5.41) is 7.82. The largest absolute Gasteiger partial charge is 0.352 e. The molecule has 0 radical (unpaired) electrons. The van der Waals surface area contributed by atoms with Crippen molar-refractivity contribution in [2.75, 3.05) is 6.54 Å². The number of hydrogen-bond donors (Lipinski definition) is 3. The van der Waals surface area contributed by atoms with Gasteiger partial charge in [-0.25, -0.2) is 13.6 Å². The molecule has 1 aromatic carbocycles. The van der Waals surface area contributed by atoms with Crippen LogP contribution in [-0.2, 0) is 21.4 Å². The Balaban J connectivity index is 2.40. The molecule has 0 aliphatic rings. The second-order valence-electron chi connectivity index (χ2n) is 5.19. The van der Waals surface area contributed by atoms with E-state index in [9.17, 15) is 13.2 Å². The Labute approximate surface area is 126 Å². The van der Waals surface area contributed by atoms with Gasteiger partial charge in [-0.05, 0) is 43.0 Å². The Bertz CT molecular complexity index is 555. The molecule has 0 bridgehead atoms. The smallest absolute Gasteiger partial charge is 0.238 e. The fraction of sp³-hybridized carbons (Fsp3) is 0.500. The van der Waals surface area contributed by atoms with Crippen molar-refractivity contribution in [3.8, 4) is 0 Å². The number of carbonyl (C=O) groups is 1. The third kappa shape index (κ3) is 6.70. The van der Waals surface area contributed by atoms with Crippen LogP contribution >= 0.6 is 0 Å². The summed E-state index contributed by atoms with van der Waals surface area (Å²) in [7, 11) is -3.67. The summed E-state index contributed by atoms with van der Waals surface area (Å²) in [6.07, 6.45) is 2.20. The van der Waals surface area contributed by atoms with Crippen LogP contribution in [0.25, 0.3) is 0 Å². The van der Waals surface area contributed by atoms with E-state index < -0.39 is 10.0 Å². The molecule has 0 fully saturated rings. The van der Waals surface area contributed by atoms with Crippen LogP contribution < -0.4 is 16.2 Å². The summed E-state index contributed by atoms with van der Waals surface area (Å²) in [5.41, 5.74) is 6.29. The van der Waals surface area contributed by atoms with E-state index in [2.05, 4.69) is 12.2 Å². The van der Waals surface area contributed by atoms with E-state index in [1.165, 1.54) is 12.1 Å². The van der Waals surface area contributed by atoms with Gasteiger partial charge in [-0.1, -0.05) is 19.1 Å². The third-order valence-corrected chi connectivity index (χ3v) is 4.19. The zero-order chi connectivity index (χ0) is 15.9. The van der Waals surface area contributed by atoms with Crippen molar-refractivity contribution in [2.24, 2.45) is 16.8 Å². The molecule has 6 nitrogen and oxygen atoms in total. The lowest BCUT2D eigenvalue weighted by molar-refractivity contribution is -0.121. The van der Waals surface area contributed by atoms with Crippen LogP contribution in [0.5, 0.6) is 0 Å². The number of rotatable bonds is 8. The quantitative estimate of drug-likeness (QED) is 0.655. The molecule has 118 valence electrons. The van der Waals surface area contributed by atoms with Crippen LogP contribution in [0.15, 0.2) is 29.2 Å². The van der Waals surface area contributed by atoms with Crippen LogP contribution in [0.4, 0.5) is 0 Å². The van der Waals surface area contributed by atoms with Crippen LogP contribution in [0.3, 0.4) is 0 Å². The van der Waals surface area contributed by atoms with Gasteiger partial charge in [0.1, 0.15) is 0 Å². The molecule has 0 saturated heterocycles. The number of sulfonamides is 1. The molecule has 1 atom stereocenters. The topological polar surface area (TPSA) is 115 Å². The molecule has 1 aromatic rings. The normalized spacial score (nSPS) is 12.9. The van der Waals surface area contributed by atoms with Gasteiger partial charge in [0.25, 0.3) is 0 Å². The maximum Gasteiger partial charge on any atom is 0.238 e. The van der Waals surface area contributed by atoms with Crippen LogP contribution in [-0.4, -0.2) is 20.9 Å². The van der Waals surface area contributed by atoms with Crippen LogP contribution in [0.1, 0.15) is 31.7 Å². The first-order valence-electron chi connectivity index (χ1n) is 6.91. The van der Waals surface area contributed by atoms with E-state index in [0.717, 1.165) is 18.4 Å². The van der Waals surface area contributed by atoms with Gasteiger partial charge in [0.15, 0.2) is 0 Å². The third-order valence-electron chi connectivity index (χ3n) is 3.27. The van der Waals surface area contributed by atoms with Gasteiger partial charge >= 0.3 is 0 Å². The van der Waals surface area contributed by atoms with Crippen LogP contribution in [0, 0.1) is 5.92 Å². The summed E-state index contributed by atoms with van der Waals surface area (Å²) in [4.78, 5) is 11.8. The zero-order valence-electron chi connectivity index (χ0n) is 12.2. The van der Waals surface area contributed by atoms with Gasteiger partial charge < -0.3 is 11.1 Å². The Morgan fingerprint density at radius 2 is 1.86 bits per heavy atom. The first-order chi connectivity index (χ1) is 9.82. The maximum absolute atomic E-state index is 11.7. The first kappa shape index (κ1) is 17.6. The Hall–Kier alpha value is -1.44. The van der Waals surface area contributed by atoms with E-state index in [1.807, 2.05) is 0 Å². The summed E-state index contributed by atoms with van der Waals surface area (Å²) in [5.74, 6) is 0.421. The summed E-state index contributed by atoms with van der Waals surface area (Å²) >= 11 is 0. The van der Waals surface area contributed by atoms with E-state index >= 15 is 0 Å². The second-order valence-corrected chi connectivity index (χ2v) is 6.75. The molecule has 0 spiro atoms. The number of carbonyl (C=O) groups excluding carboxylic acids is 1.